The first-order chi connectivity index (χ1) is 6.92. The molecule has 0 aromatic heterocycles. The number of hydrogen-bond donors (Lipinski definition) is 0. The Hall–Kier alpha value is -1.55. The molecule has 0 heterocycles. The van der Waals surface area contributed by atoms with Crippen LogP contribution in [0.1, 0.15) is 25.7 Å². The van der Waals surface area contributed by atoms with E-state index in [1.807, 2.05) is 0 Å². The Bertz CT molecular complexity index is 386. The molecule has 1 nitrogen and oxygen atoms in total. The molecule has 0 spiro atoms. The first-order valence-electron chi connectivity index (χ1n) is 5.04. The Morgan fingerprint density at radius 3 is 3.14 bits per heavy atom. The van der Waals surface area contributed by atoms with Gasteiger partial charge in [0.1, 0.15) is 0 Å². The molecule has 0 aromatic carbocycles. The molecular formula is C13H13N. The maximum atomic E-state index is 8.73. The molecule has 0 amide bonds. The van der Waals surface area contributed by atoms with Gasteiger partial charge in [0.25, 0.3) is 0 Å². The fourth-order valence-corrected chi connectivity index (χ4v) is 1.99. The van der Waals surface area contributed by atoms with Crippen molar-refractivity contribution in [1.29, 1.82) is 5.26 Å². The molecule has 2 aliphatic rings. The van der Waals surface area contributed by atoms with Gasteiger partial charge in [-0.25, -0.2) is 0 Å². The largest absolute Gasteiger partial charge is 0.198 e. The van der Waals surface area contributed by atoms with Gasteiger partial charge in [-0.2, -0.15) is 5.26 Å². The second-order valence-corrected chi connectivity index (χ2v) is 3.58. The third kappa shape index (κ3) is 1.70. The Labute approximate surface area is 84.7 Å². The van der Waals surface area contributed by atoms with Gasteiger partial charge < -0.3 is 0 Å². The Morgan fingerprint density at radius 1 is 1.36 bits per heavy atom. The first kappa shape index (κ1) is 9.02. The van der Waals surface area contributed by atoms with Crippen molar-refractivity contribution in [1.82, 2.24) is 0 Å². The maximum Gasteiger partial charge on any atom is 0.0669 e. The minimum atomic E-state index is 0.545. The van der Waals surface area contributed by atoms with Crippen molar-refractivity contribution in [2.24, 2.45) is 0 Å². The molecule has 0 aromatic rings. The lowest BCUT2D eigenvalue weighted by atomic mass is 9.87. The van der Waals surface area contributed by atoms with Gasteiger partial charge in [0, 0.05) is 0 Å². The molecule has 0 atom stereocenters. The number of hydrogen-bond acceptors (Lipinski definition) is 1. The number of fused-ring (bicyclic) bond motifs is 1. The molecular weight excluding hydrogens is 170 g/mol. The lowest BCUT2D eigenvalue weighted by Gasteiger charge is -2.17. The number of nitrogens with zero attached hydrogens (tertiary/aromatic N) is 1. The van der Waals surface area contributed by atoms with Crippen LogP contribution in [0.4, 0.5) is 0 Å². The number of allylic oxidation sites excluding steroid dienone is 8. The van der Waals surface area contributed by atoms with Crippen molar-refractivity contribution in [3.8, 4) is 6.07 Å². The van der Waals surface area contributed by atoms with Gasteiger partial charge in [0.2, 0.25) is 0 Å². The van der Waals surface area contributed by atoms with Gasteiger partial charge in [0.15, 0.2) is 0 Å². The van der Waals surface area contributed by atoms with Gasteiger partial charge in [-0.05, 0) is 36.0 Å². The normalized spacial score (nSPS) is 19.8. The summed E-state index contributed by atoms with van der Waals surface area (Å²) in [6, 6.07) is 2.23. The molecule has 2 aliphatic carbocycles. The lowest BCUT2D eigenvalue weighted by molar-refractivity contribution is 0.929. The molecule has 14 heavy (non-hydrogen) atoms. The van der Waals surface area contributed by atoms with E-state index in [4.69, 9.17) is 5.26 Å². The van der Waals surface area contributed by atoms with E-state index in [9.17, 15) is 0 Å². The predicted octanol–water partition coefficient (Wildman–Crippen LogP) is 3.43. The lowest BCUT2D eigenvalue weighted by Crippen LogP contribution is -2.00. The summed E-state index contributed by atoms with van der Waals surface area (Å²) in [5.74, 6) is 0. The third-order valence-corrected chi connectivity index (χ3v) is 2.66. The topological polar surface area (TPSA) is 23.8 Å². The van der Waals surface area contributed by atoms with Crippen molar-refractivity contribution >= 4 is 0 Å². The Balaban J connectivity index is 2.34. The van der Waals surface area contributed by atoms with Crippen LogP contribution in [0.5, 0.6) is 0 Å². The van der Waals surface area contributed by atoms with Gasteiger partial charge in [0.05, 0.1) is 12.5 Å². The van der Waals surface area contributed by atoms with E-state index in [1.54, 1.807) is 0 Å². The van der Waals surface area contributed by atoms with Crippen LogP contribution in [0, 0.1) is 11.3 Å². The van der Waals surface area contributed by atoms with Crippen LogP contribution in [-0.2, 0) is 0 Å². The molecule has 0 saturated heterocycles. The zero-order valence-corrected chi connectivity index (χ0v) is 8.16. The SMILES string of the molecule is N#CCC1=CCCC2=CC=CCC=C12. The average Bonchev–Trinajstić information content (AvgIpc) is 2.44. The van der Waals surface area contributed by atoms with Gasteiger partial charge in [-0.15, -0.1) is 0 Å². The van der Waals surface area contributed by atoms with E-state index in [1.165, 1.54) is 16.7 Å². The van der Waals surface area contributed by atoms with Gasteiger partial charge in [-0.3, -0.25) is 0 Å². The van der Waals surface area contributed by atoms with Crippen LogP contribution in [0.2, 0.25) is 0 Å². The Kier molecular flexibility index (Phi) is 2.65. The summed E-state index contributed by atoms with van der Waals surface area (Å²) in [4.78, 5) is 0. The van der Waals surface area contributed by atoms with Crippen molar-refractivity contribution in [2.45, 2.75) is 25.7 Å². The zero-order chi connectivity index (χ0) is 9.80. The van der Waals surface area contributed by atoms with Crippen molar-refractivity contribution in [3.05, 3.63) is 47.1 Å². The van der Waals surface area contributed by atoms with Crippen LogP contribution >= 0.6 is 0 Å². The molecule has 2 rings (SSSR count). The molecule has 0 N–H and O–H groups in total. The van der Waals surface area contributed by atoms with Crippen LogP contribution in [0.3, 0.4) is 0 Å². The highest BCUT2D eigenvalue weighted by Crippen LogP contribution is 2.32. The fourth-order valence-electron chi connectivity index (χ4n) is 1.99. The predicted molar refractivity (Wildman–Crippen MR) is 57.5 cm³/mol. The Morgan fingerprint density at radius 2 is 2.29 bits per heavy atom. The first-order valence-corrected chi connectivity index (χ1v) is 5.04. The van der Waals surface area contributed by atoms with Gasteiger partial charge in [-0.1, -0.05) is 30.4 Å². The van der Waals surface area contributed by atoms with Crippen LogP contribution in [0.25, 0.3) is 0 Å². The second-order valence-electron chi connectivity index (χ2n) is 3.58. The summed E-state index contributed by atoms with van der Waals surface area (Å²) in [5, 5.41) is 8.73. The van der Waals surface area contributed by atoms with E-state index in [0.29, 0.717) is 6.42 Å². The smallest absolute Gasteiger partial charge is 0.0669 e. The van der Waals surface area contributed by atoms with E-state index in [2.05, 4.69) is 36.4 Å². The van der Waals surface area contributed by atoms with Crippen LogP contribution < -0.4 is 0 Å². The fraction of sp³-hybridized carbons (Fsp3) is 0.308. The van der Waals surface area contributed by atoms with E-state index in [-0.39, 0.29) is 0 Å². The minimum absolute atomic E-state index is 0.545. The highest BCUT2D eigenvalue weighted by Gasteiger charge is 2.14. The summed E-state index contributed by atoms with van der Waals surface area (Å²) in [7, 11) is 0. The van der Waals surface area contributed by atoms with E-state index < -0.39 is 0 Å². The summed E-state index contributed by atoms with van der Waals surface area (Å²) in [6.45, 7) is 0. The third-order valence-electron chi connectivity index (χ3n) is 2.66. The van der Waals surface area contributed by atoms with Crippen molar-refractivity contribution in [3.63, 3.8) is 0 Å². The van der Waals surface area contributed by atoms with Crippen molar-refractivity contribution in [2.75, 3.05) is 0 Å². The molecule has 1 heteroatoms. The van der Waals surface area contributed by atoms with Crippen LogP contribution in [-0.4, -0.2) is 0 Å². The van der Waals surface area contributed by atoms with E-state index in [0.717, 1.165) is 19.3 Å². The summed E-state index contributed by atoms with van der Waals surface area (Å²) < 4.78 is 0. The van der Waals surface area contributed by atoms with Crippen LogP contribution in [0.15, 0.2) is 47.1 Å². The highest BCUT2D eigenvalue weighted by atomic mass is 14.3. The highest BCUT2D eigenvalue weighted by molar-refractivity contribution is 5.52. The summed E-state index contributed by atoms with van der Waals surface area (Å²) in [5.41, 5.74) is 3.92. The summed E-state index contributed by atoms with van der Waals surface area (Å²) in [6.07, 6.45) is 14.6. The number of rotatable bonds is 1. The molecule has 0 aliphatic heterocycles. The molecule has 0 unspecified atom stereocenters. The van der Waals surface area contributed by atoms with E-state index >= 15 is 0 Å². The molecule has 70 valence electrons. The number of nitriles is 1. The monoisotopic (exact) mass is 183 g/mol. The van der Waals surface area contributed by atoms with Crippen molar-refractivity contribution < 1.29 is 0 Å². The molecule has 0 bridgehead atoms. The quantitative estimate of drug-likeness (QED) is 0.611. The maximum absolute atomic E-state index is 8.73. The molecule has 0 radical (unpaired) electrons. The molecule has 0 saturated carbocycles. The van der Waals surface area contributed by atoms with Gasteiger partial charge >= 0.3 is 0 Å². The standard InChI is InChI=1S/C13H13N/c14-10-9-12-7-4-6-11-5-2-1-3-8-13(11)12/h1-2,5,7-8H,3-4,6,9H2. The minimum Gasteiger partial charge on any atom is -0.198 e. The zero-order valence-electron chi connectivity index (χ0n) is 8.16. The molecule has 0 fully saturated rings. The average molecular weight is 183 g/mol. The second kappa shape index (κ2) is 4.11. The summed E-state index contributed by atoms with van der Waals surface area (Å²) >= 11 is 0.